The molecule has 0 aromatic heterocycles. The summed E-state index contributed by atoms with van der Waals surface area (Å²) < 4.78 is 0. The second-order valence-corrected chi connectivity index (χ2v) is 6.23. The van der Waals surface area contributed by atoms with Crippen molar-refractivity contribution in [3.8, 4) is 6.07 Å². The summed E-state index contributed by atoms with van der Waals surface area (Å²) in [6, 6.07) is 10.3. The number of benzene rings is 1. The minimum absolute atomic E-state index is 0.453. The Bertz CT molecular complexity index is 472. The van der Waals surface area contributed by atoms with Crippen molar-refractivity contribution in [3.63, 3.8) is 0 Å². The first kappa shape index (κ1) is 14.4. The highest BCUT2D eigenvalue weighted by atomic mass is 35.5. The topological polar surface area (TPSA) is 27.0 Å². The van der Waals surface area contributed by atoms with Gasteiger partial charge in [-0.15, -0.1) is 0 Å². The van der Waals surface area contributed by atoms with Crippen molar-refractivity contribution in [1.82, 2.24) is 4.90 Å². The molecule has 0 amide bonds. The van der Waals surface area contributed by atoms with Crippen LogP contribution < -0.4 is 0 Å². The van der Waals surface area contributed by atoms with Gasteiger partial charge in [0.25, 0.3) is 0 Å². The van der Waals surface area contributed by atoms with E-state index in [-0.39, 0.29) is 0 Å². The number of piperidine rings is 1. The van der Waals surface area contributed by atoms with E-state index in [2.05, 4.69) is 17.9 Å². The van der Waals surface area contributed by atoms with Gasteiger partial charge < -0.3 is 0 Å². The Morgan fingerprint density at radius 1 is 1.37 bits per heavy atom. The zero-order valence-corrected chi connectivity index (χ0v) is 12.5. The standard InChI is InChI=1S/C16H21ClN2/c1-13-7-9-19(10-8-13)16(2,12-18)11-14-5-3-4-6-15(14)17/h3-6,13H,7-11H2,1-2H3. The number of rotatable bonds is 3. The van der Waals surface area contributed by atoms with Gasteiger partial charge in [-0.05, 0) is 50.4 Å². The van der Waals surface area contributed by atoms with E-state index in [0.29, 0.717) is 6.42 Å². The highest BCUT2D eigenvalue weighted by molar-refractivity contribution is 6.31. The molecule has 1 heterocycles. The number of halogens is 1. The molecular weight excluding hydrogens is 256 g/mol. The van der Waals surface area contributed by atoms with Gasteiger partial charge in [0.15, 0.2) is 0 Å². The molecule has 0 aliphatic carbocycles. The van der Waals surface area contributed by atoms with Gasteiger partial charge in [0.2, 0.25) is 0 Å². The Labute approximate surface area is 121 Å². The molecule has 1 saturated heterocycles. The summed E-state index contributed by atoms with van der Waals surface area (Å²) >= 11 is 6.22. The minimum Gasteiger partial charge on any atom is -0.285 e. The predicted octanol–water partition coefficient (Wildman–Crippen LogP) is 3.90. The number of nitriles is 1. The molecule has 2 rings (SSSR count). The van der Waals surface area contributed by atoms with Crippen molar-refractivity contribution < 1.29 is 0 Å². The smallest absolute Gasteiger partial charge is 0.110 e. The molecule has 0 spiro atoms. The second-order valence-electron chi connectivity index (χ2n) is 5.82. The van der Waals surface area contributed by atoms with E-state index in [0.717, 1.165) is 29.6 Å². The van der Waals surface area contributed by atoms with Gasteiger partial charge in [-0.25, -0.2) is 0 Å². The molecule has 102 valence electrons. The van der Waals surface area contributed by atoms with E-state index < -0.39 is 5.54 Å². The molecule has 3 heteroatoms. The molecule has 1 atom stereocenters. The maximum Gasteiger partial charge on any atom is 0.110 e. The summed E-state index contributed by atoms with van der Waals surface area (Å²) in [5, 5.41) is 10.4. The molecule has 0 radical (unpaired) electrons. The number of nitrogens with zero attached hydrogens (tertiary/aromatic N) is 2. The Hall–Kier alpha value is -1.04. The maximum absolute atomic E-state index is 9.62. The van der Waals surface area contributed by atoms with Gasteiger partial charge >= 0.3 is 0 Å². The van der Waals surface area contributed by atoms with Crippen LogP contribution in [0.15, 0.2) is 24.3 Å². The molecule has 1 aliphatic heterocycles. The Morgan fingerprint density at radius 3 is 2.58 bits per heavy atom. The first-order valence-electron chi connectivity index (χ1n) is 6.95. The normalized spacial score (nSPS) is 20.7. The fourth-order valence-corrected chi connectivity index (χ4v) is 2.94. The largest absolute Gasteiger partial charge is 0.285 e. The van der Waals surface area contributed by atoms with Crippen LogP contribution >= 0.6 is 11.6 Å². The minimum atomic E-state index is -0.453. The summed E-state index contributed by atoms with van der Waals surface area (Å²) in [4.78, 5) is 2.32. The summed E-state index contributed by atoms with van der Waals surface area (Å²) in [6.07, 6.45) is 3.05. The van der Waals surface area contributed by atoms with E-state index in [1.165, 1.54) is 12.8 Å². The molecular formula is C16H21ClN2. The SMILES string of the molecule is CC1CCN(C(C)(C#N)Cc2ccccc2Cl)CC1. The van der Waals surface area contributed by atoms with Gasteiger partial charge in [-0.1, -0.05) is 36.7 Å². The summed E-state index contributed by atoms with van der Waals surface area (Å²) in [5.74, 6) is 0.777. The van der Waals surface area contributed by atoms with Crippen LogP contribution in [-0.2, 0) is 6.42 Å². The van der Waals surface area contributed by atoms with Crippen LogP contribution in [0.25, 0.3) is 0 Å². The molecule has 0 bridgehead atoms. The van der Waals surface area contributed by atoms with Gasteiger partial charge in [0, 0.05) is 11.4 Å². The van der Waals surface area contributed by atoms with Gasteiger partial charge in [-0.3, -0.25) is 4.90 Å². The molecule has 0 saturated carbocycles. The predicted molar refractivity (Wildman–Crippen MR) is 79.1 cm³/mol. The molecule has 1 aromatic rings. The monoisotopic (exact) mass is 276 g/mol. The average Bonchev–Trinajstić information content (AvgIpc) is 2.42. The van der Waals surface area contributed by atoms with Crippen LogP contribution in [0.1, 0.15) is 32.3 Å². The zero-order valence-electron chi connectivity index (χ0n) is 11.7. The molecule has 1 aromatic carbocycles. The van der Waals surface area contributed by atoms with Crippen LogP contribution in [0.5, 0.6) is 0 Å². The van der Waals surface area contributed by atoms with Crippen molar-refractivity contribution in [1.29, 1.82) is 5.26 Å². The van der Waals surface area contributed by atoms with E-state index in [9.17, 15) is 5.26 Å². The molecule has 2 nitrogen and oxygen atoms in total. The molecule has 0 N–H and O–H groups in total. The fraction of sp³-hybridized carbons (Fsp3) is 0.562. The van der Waals surface area contributed by atoms with Crippen LogP contribution in [0, 0.1) is 17.2 Å². The summed E-state index contributed by atoms with van der Waals surface area (Å²) in [7, 11) is 0. The highest BCUT2D eigenvalue weighted by Gasteiger charge is 2.34. The highest BCUT2D eigenvalue weighted by Crippen LogP contribution is 2.28. The third-order valence-electron chi connectivity index (χ3n) is 4.21. The second kappa shape index (κ2) is 5.94. The van der Waals surface area contributed by atoms with Crippen LogP contribution in [0.3, 0.4) is 0 Å². The van der Waals surface area contributed by atoms with E-state index in [1.807, 2.05) is 31.2 Å². The van der Waals surface area contributed by atoms with Crippen LogP contribution in [0.4, 0.5) is 0 Å². The quantitative estimate of drug-likeness (QED) is 0.837. The lowest BCUT2D eigenvalue weighted by Gasteiger charge is -2.40. The maximum atomic E-state index is 9.62. The molecule has 19 heavy (non-hydrogen) atoms. The fourth-order valence-electron chi connectivity index (χ4n) is 2.74. The Morgan fingerprint density at radius 2 is 2.00 bits per heavy atom. The number of likely N-dealkylation sites (tertiary alicyclic amines) is 1. The van der Waals surface area contributed by atoms with Crippen molar-refractivity contribution in [2.75, 3.05) is 13.1 Å². The third kappa shape index (κ3) is 3.29. The van der Waals surface area contributed by atoms with E-state index in [1.54, 1.807) is 0 Å². The van der Waals surface area contributed by atoms with Crippen molar-refractivity contribution in [3.05, 3.63) is 34.9 Å². The number of hydrogen-bond acceptors (Lipinski definition) is 2. The van der Waals surface area contributed by atoms with E-state index in [4.69, 9.17) is 11.6 Å². The van der Waals surface area contributed by atoms with E-state index >= 15 is 0 Å². The lowest BCUT2D eigenvalue weighted by Crippen LogP contribution is -2.50. The van der Waals surface area contributed by atoms with Gasteiger partial charge in [0.1, 0.15) is 5.54 Å². The average molecular weight is 277 g/mol. The van der Waals surface area contributed by atoms with Gasteiger partial charge in [-0.2, -0.15) is 5.26 Å². The third-order valence-corrected chi connectivity index (χ3v) is 4.58. The van der Waals surface area contributed by atoms with Gasteiger partial charge in [0.05, 0.1) is 6.07 Å². The van der Waals surface area contributed by atoms with Crippen molar-refractivity contribution in [2.24, 2.45) is 5.92 Å². The lowest BCUT2D eigenvalue weighted by molar-refractivity contribution is 0.103. The van der Waals surface area contributed by atoms with Crippen molar-refractivity contribution >= 4 is 11.6 Å². The van der Waals surface area contributed by atoms with Crippen molar-refractivity contribution in [2.45, 2.75) is 38.6 Å². The first-order chi connectivity index (χ1) is 9.05. The number of hydrogen-bond donors (Lipinski definition) is 0. The zero-order chi connectivity index (χ0) is 13.9. The Kier molecular flexibility index (Phi) is 4.50. The molecule has 1 unspecified atom stereocenters. The lowest BCUT2D eigenvalue weighted by atomic mass is 9.88. The molecule has 1 aliphatic rings. The Balaban J connectivity index is 2.15. The first-order valence-corrected chi connectivity index (χ1v) is 7.32. The van der Waals surface area contributed by atoms with Crippen LogP contribution in [0.2, 0.25) is 5.02 Å². The molecule has 1 fully saturated rings. The van der Waals surface area contributed by atoms with Crippen LogP contribution in [-0.4, -0.2) is 23.5 Å². The summed E-state index contributed by atoms with van der Waals surface area (Å²) in [5.41, 5.74) is 0.609. The summed E-state index contributed by atoms with van der Waals surface area (Å²) in [6.45, 7) is 6.34.